The lowest BCUT2D eigenvalue weighted by molar-refractivity contribution is -0.137. The van der Waals surface area contributed by atoms with Crippen LogP contribution in [0, 0.1) is 0 Å². The highest BCUT2D eigenvalue weighted by atomic mass is 32.1. The van der Waals surface area contributed by atoms with Crippen molar-refractivity contribution in [2.24, 2.45) is 0 Å². The molecule has 0 saturated heterocycles. The first kappa shape index (κ1) is 18.2. The quantitative estimate of drug-likeness (QED) is 0.654. The first-order valence-corrected chi connectivity index (χ1v) is 9.64. The summed E-state index contributed by atoms with van der Waals surface area (Å²) < 4.78 is 9.46. The van der Waals surface area contributed by atoms with E-state index in [1.807, 2.05) is 36.4 Å². The van der Waals surface area contributed by atoms with E-state index in [0.717, 1.165) is 33.8 Å². The van der Waals surface area contributed by atoms with Crippen LogP contribution in [0.3, 0.4) is 0 Å². The number of benzene rings is 2. The number of nitrogens with zero attached hydrogens (tertiary/aromatic N) is 1. The van der Waals surface area contributed by atoms with E-state index >= 15 is 0 Å². The molecule has 0 saturated carbocycles. The van der Waals surface area contributed by atoms with Crippen LogP contribution < -0.4 is 5.32 Å². The Morgan fingerprint density at radius 2 is 1.71 bits per heavy atom. The van der Waals surface area contributed by atoms with Crippen LogP contribution in [0.25, 0.3) is 11.1 Å². The molecule has 1 aromatic heterocycles. The Morgan fingerprint density at radius 3 is 2.29 bits per heavy atom. The molecule has 1 heterocycles. The molecule has 2 N–H and O–H groups in total. The second kappa shape index (κ2) is 7.82. The monoisotopic (exact) mass is 394 g/mol. The SMILES string of the molecule is O=C(O)C[C@H](NC(=O)OCC1c2ccccc2-c2ccccc21)c1ccns1. The van der Waals surface area contributed by atoms with E-state index in [0.29, 0.717) is 4.88 Å². The molecule has 7 heteroatoms. The molecule has 28 heavy (non-hydrogen) atoms. The number of amides is 1. The van der Waals surface area contributed by atoms with Crippen LogP contribution in [0.4, 0.5) is 4.79 Å². The Balaban J connectivity index is 1.47. The fourth-order valence-corrected chi connectivity index (χ4v) is 4.22. The molecular formula is C21H18N2O4S. The Morgan fingerprint density at radius 1 is 1.07 bits per heavy atom. The van der Waals surface area contributed by atoms with Gasteiger partial charge in [0.1, 0.15) is 6.61 Å². The van der Waals surface area contributed by atoms with Crippen molar-refractivity contribution in [3.8, 4) is 11.1 Å². The summed E-state index contributed by atoms with van der Waals surface area (Å²) in [5.41, 5.74) is 4.56. The van der Waals surface area contributed by atoms with Gasteiger partial charge >= 0.3 is 12.1 Å². The molecular weight excluding hydrogens is 376 g/mol. The van der Waals surface area contributed by atoms with Gasteiger partial charge in [0, 0.05) is 17.0 Å². The number of aromatic nitrogens is 1. The van der Waals surface area contributed by atoms with Crippen molar-refractivity contribution in [1.82, 2.24) is 9.69 Å². The number of alkyl carbamates (subject to hydrolysis) is 1. The molecule has 0 fully saturated rings. The zero-order valence-electron chi connectivity index (χ0n) is 14.9. The lowest BCUT2D eigenvalue weighted by atomic mass is 9.98. The van der Waals surface area contributed by atoms with Crippen LogP contribution in [0.5, 0.6) is 0 Å². The molecule has 142 valence electrons. The fourth-order valence-electron chi connectivity index (χ4n) is 3.59. The Kier molecular flexibility index (Phi) is 5.08. The molecule has 0 aliphatic heterocycles. The summed E-state index contributed by atoms with van der Waals surface area (Å²) in [7, 11) is 0. The predicted octanol–water partition coefficient (Wildman–Crippen LogP) is 4.20. The van der Waals surface area contributed by atoms with Crippen LogP contribution in [0.1, 0.15) is 34.4 Å². The summed E-state index contributed by atoms with van der Waals surface area (Å²) in [5, 5.41) is 11.8. The van der Waals surface area contributed by atoms with Gasteiger partial charge in [-0.2, -0.15) is 0 Å². The summed E-state index contributed by atoms with van der Waals surface area (Å²) in [4.78, 5) is 24.2. The summed E-state index contributed by atoms with van der Waals surface area (Å²) in [5.74, 6) is -1.04. The van der Waals surface area contributed by atoms with Gasteiger partial charge in [0.2, 0.25) is 0 Å². The minimum Gasteiger partial charge on any atom is -0.481 e. The standard InChI is InChI=1S/C21H18N2O4S/c24-20(25)11-18(19-9-10-22-28-19)23-21(26)27-12-17-15-7-3-1-5-13(15)14-6-2-4-8-16(14)17/h1-10,17-18H,11-12H2,(H,23,26)(H,24,25)/t18-/m0/s1. The number of carboxylic acid groups (broad SMARTS) is 1. The Hall–Kier alpha value is -3.19. The molecule has 6 nitrogen and oxygen atoms in total. The normalized spacial score (nSPS) is 13.4. The van der Waals surface area contributed by atoms with Crippen LogP contribution in [-0.4, -0.2) is 28.1 Å². The van der Waals surface area contributed by atoms with E-state index in [-0.39, 0.29) is 18.9 Å². The highest BCUT2D eigenvalue weighted by molar-refractivity contribution is 7.05. The van der Waals surface area contributed by atoms with Crippen molar-refractivity contribution in [1.29, 1.82) is 0 Å². The fraction of sp³-hybridized carbons (Fsp3) is 0.190. The molecule has 0 spiro atoms. The third-order valence-corrected chi connectivity index (χ3v) is 5.67. The van der Waals surface area contributed by atoms with Gasteiger partial charge in [-0.05, 0) is 39.9 Å². The van der Waals surface area contributed by atoms with E-state index in [2.05, 4.69) is 21.8 Å². The number of aliphatic carboxylic acids is 1. The van der Waals surface area contributed by atoms with Crippen molar-refractivity contribution in [3.63, 3.8) is 0 Å². The largest absolute Gasteiger partial charge is 0.481 e. The molecule has 3 aromatic rings. The number of carboxylic acids is 1. The molecule has 2 aromatic carbocycles. The van der Waals surface area contributed by atoms with Gasteiger partial charge in [0.05, 0.1) is 12.5 Å². The van der Waals surface area contributed by atoms with Gasteiger partial charge in [0.15, 0.2) is 0 Å². The topological polar surface area (TPSA) is 88.5 Å². The number of nitrogens with one attached hydrogen (secondary N) is 1. The number of fused-ring (bicyclic) bond motifs is 3. The number of carbonyl (C=O) groups excluding carboxylic acids is 1. The zero-order chi connectivity index (χ0) is 19.5. The summed E-state index contributed by atoms with van der Waals surface area (Å²) in [6.07, 6.45) is 0.710. The predicted molar refractivity (Wildman–Crippen MR) is 105 cm³/mol. The molecule has 1 aliphatic rings. The molecule has 0 bridgehead atoms. The van der Waals surface area contributed by atoms with Gasteiger partial charge in [0.25, 0.3) is 0 Å². The number of hydrogen-bond donors (Lipinski definition) is 2. The molecule has 1 aliphatic carbocycles. The lowest BCUT2D eigenvalue weighted by Crippen LogP contribution is -2.31. The first-order valence-electron chi connectivity index (χ1n) is 8.87. The zero-order valence-corrected chi connectivity index (χ0v) is 15.7. The van der Waals surface area contributed by atoms with Gasteiger partial charge < -0.3 is 15.2 Å². The average Bonchev–Trinajstić information content (AvgIpc) is 3.32. The van der Waals surface area contributed by atoms with E-state index in [1.54, 1.807) is 12.3 Å². The van der Waals surface area contributed by atoms with Gasteiger partial charge in [-0.1, -0.05) is 48.5 Å². The second-order valence-corrected chi connectivity index (χ2v) is 7.40. The van der Waals surface area contributed by atoms with Gasteiger partial charge in [-0.25, -0.2) is 9.17 Å². The van der Waals surface area contributed by atoms with E-state index < -0.39 is 18.1 Å². The summed E-state index contributed by atoms with van der Waals surface area (Å²) in [6.45, 7) is 0.183. The maximum absolute atomic E-state index is 12.4. The molecule has 0 unspecified atom stereocenters. The average molecular weight is 394 g/mol. The van der Waals surface area contributed by atoms with E-state index in [4.69, 9.17) is 9.84 Å². The van der Waals surface area contributed by atoms with E-state index in [9.17, 15) is 9.59 Å². The van der Waals surface area contributed by atoms with E-state index in [1.165, 1.54) is 0 Å². The molecule has 1 atom stereocenters. The number of carbonyl (C=O) groups is 2. The minimum absolute atomic E-state index is 0.0421. The van der Waals surface area contributed by atoms with Crippen molar-refractivity contribution in [3.05, 3.63) is 76.8 Å². The van der Waals surface area contributed by atoms with Crippen molar-refractivity contribution in [2.75, 3.05) is 6.61 Å². The maximum Gasteiger partial charge on any atom is 0.407 e. The molecule has 1 amide bonds. The smallest absolute Gasteiger partial charge is 0.407 e. The Labute approximate surface area is 166 Å². The van der Waals surface area contributed by atoms with Crippen molar-refractivity contribution < 1.29 is 19.4 Å². The molecule has 4 rings (SSSR count). The first-order chi connectivity index (χ1) is 13.6. The highest BCUT2D eigenvalue weighted by Gasteiger charge is 2.29. The minimum atomic E-state index is -1.00. The van der Waals surface area contributed by atoms with Crippen LogP contribution in [0.15, 0.2) is 60.8 Å². The summed E-state index contributed by atoms with van der Waals surface area (Å²) >= 11 is 1.16. The maximum atomic E-state index is 12.4. The Bertz CT molecular complexity index is 958. The van der Waals surface area contributed by atoms with Gasteiger partial charge in [-0.3, -0.25) is 4.79 Å². The second-order valence-electron chi connectivity index (χ2n) is 6.54. The van der Waals surface area contributed by atoms with Crippen molar-refractivity contribution in [2.45, 2.75) is 18.4 Å². The number of hydrogen-bond acceptors (Lipinski definition) is 5. The van der Waals surface area contributed by atoms with Crippen LogP contribution in [0.2, 0.25) is 0 Å². The van der Waals surface area contributed by atoms with Crippen LogP contribution in [-0.2, 0) is 9.53 Å². The third kappa shape index (κ3) is 3.61. The summed E-state index contributed by atoms with van der Waals surface area (Å²) in [6, 6.07) is 17.2. The highest BCUT2D eigenvalue weighted by Crippen LogP contribution is 2.44. The third-order valence-electron chi connectivity index (χ3n) is 4.82. The number of ether oxygens (including phenoxy) is 1. The molecule has 0 radical (unpaired) electrons. The van der Waals surface area contributed by atoms with Crippen molar-refractivity contribution >= 4 is 23.6 Å². The lowest BCUT2D eigenvalue weighted by Gasteiger charge is -2.18. The van der Waals surface area contributed by atoms with Crippen LogP contribution >= 0.6 is 11.5 Å². The number of rotatable bonds is 6. The van der Waals surface area contributed by atoms with Gasteiger partial charge in [-0.15, -0.1) is 0 Å².